The van der Waals surface area contributed by atoms with Crippen molar-refractivity contribution in [1.82, 2.24) is 20.4 Å². The topological polar surface area (TPSA) is 94.5 Å². The Kier molecular flexibility index (Phi) is 8.46. The molecule has 2 aromatic carbocycles. The molecule has 198 valence electrons. The summed E-state index contributed by atoms with van der Waals surface area (Å²) in [5, 5.41) is 8.87. The highest BCUT2D eigenvalue weighted by Crippen LogP contribution is 2.33. The number of methoxy groups -OCH3 is 1. The zero-order chi connectivity index (χ0) is 27.2. The van der Waals surface area contributed by atoms with Crippen molar-refractivity contribution in [3.63, 3.8) is 0 Å². The number of carbonyl (C=O) groups excluding carboxylic acids is 2. The molecule has 3 aromatic rings. The van der Waals surface area contributed by atoms with Gasteiger partial charge in [0.05, 0.1) is 25.0 Å². The fourth-order valence-corrected chi connectivity index (χ4v) is 3.36. The lowest BCUT2D eigenvalue weighted by Crippen LogP contribution is -2.40. The summed E-state index contributed by atoms with van der Waals surface area (Å²) in [5.41, 5.74) is 0.505. The van der Waals surface area contributed by atoms with Crippen LogP contribution >= 0.6 is 0 Å². The second kappa shape index (κ2) is 11.4. The molecule has 0 aliphatic rings. The second-order valence-corrected chi connectivity index (χ2v) is 9.17. The summed E-state index contributed by atoms with van der Waals surface area (Å²) >= 11 is 0. The Balaban J connectivity index is 1.64. The number of rotatable bonds is 8. The van der Waals surface area contributed by atoms with Crippen LogP contribution in [0.4, 0.5) is 18.0 Å². The minimum absolute atomic E-state index is 0.218. The van der Waals surface area contributed by atoms with E-state index < -0.39 is 23.6 Å². The number of alkyl carbamates (subject to hydrolysis) is 1. The number of nitrogens with one attached hydrogen (secondary N) is 2. The number of ether oxygens (including phenoxy) is 2. The van der Waals surface area contributed by atoms with Crippen LogP contribution in [0.1, 0.15) is 32.0 Å². The molecule has 0 unspecified atom stereocenters. The fraction of sp³-hybridized carbons (Fsp3) is 0.346. The van der Waals surface area contributed by atoms with Gasteiger partial charge in [-0.3, -0.25) is 4.79 Å². The Morgan fingerprint density at radius 2 is 1.62 bits per heavy atom. The number of halogens is 3. The van der Waals surface area contributed by atoms with E-state index >= 15 is 0 Å². The zero-order valence-corrected chi connectivity index (χ0v) is 21.0. The van der Waals surface area contributed by atoms with Gasteiger partial charge in [-0.15, -0.1) is 0 Å². The number of alkyl halides is 3. The van der Waals surface area contributed by atoms with E-state index in [1.54, 1.807) is 69.3 Å². The third-order valence-corrected chi connectivity index (χ3v) is 5.09. The third-order valence-electron chi connectivity index (χ3n) is 5.09. The van der Waals surface area contributed by atoms with Crippen LogP contribution in [0.2, 0.25) is 0 Å². The first-order valence-corrected chi connectivity index (χ1v) is 11.5. The van der Waals surface area contributed by atoms with Crippen LogP contribution in [0.5, 0.6) is 5.75 Å². The highest BCUT2D eigenvalue weighted by Gasteiger charge is 2.35. The van der Waals surface area contributed by atoms with Gasteiger partial charge in [-0.25, -0.2) is 9.48 Å². The summed E-state index contributed by atoms with van der Waals surface area (Å²) in [6.45, 7) is 5.26. The average Bonchev–Trinajstić information content (AvgIpc) is 3.28. The molecule has 0 saturated carbocycles. The van der Waals surface area contributed by atoms with Crippen LogP contribution in [0.15, 0.2) is 54.6 Å². The van der Waals surface area contributed by atoms with E-state index in [0.717, 1.165) is 11.6 Å². The number of hydrogen-bond donors (Lipinski definition) is 2. The van der Waals surface area contributed by atoms with Crippen molar-refractivity contribution in [2.45, 2.75) is 39.0 Å². The predicted molar refractivity (Wildman–Crippen MR) is 132 cm³/mol. The van der Waals surface area contributed by atoms with Crippen molar-refractivity contribution in [3.8, 4) is 22.7 Å². The smallest absolute Gasteiger partial charge is 0.435 e. The van der Waals surface area contributed by atoms with Gasteiger partial charge in [0.1, 0.15) is 11.4 Å². The Hall–Kier alpha value is -4.02. The summed E-state index contributed by atoms with van der Waals surface area (Å²) in [6, 6.07) is 14.5. The van der Waals surface area contributed by atoms with Crippen molar-refractivity contribution in [1.29, 1.82) is 0 Å². The first-order chi connectivity index (χ1) is 17.4. The molecule has 0 radical (unpaired) electrons. The Labute approximate surface area is 212 Å². The number of amides is 2. The zero-order valence-electron chi connectivity index (χ0n) is 21.0. The van der Waals surface area contributed by atoms with Crippen LogP contribution in [0.25, 0.3) is 16.9 Å². The van der Waals surface area contributed by atoms with Crippen molar-refractivity contribution in [3.05, 3.63) is 65.9 Å². The maximum absolute atomic E-state index is 13.4. The average molecular weight is 519 g/mol. The van der Waals surface area contributed by atoms with E-state index in [9.17, 15) is 22.8 Å². The standard InChI is InChI=1S/C26H29F3N4O4/c1-25(2,3)37-24(35)31-16-23(34)30-14-13-17-5-7-18(8-6-17)21-15-22(26(27,28)29)32-33(21)19-9-11-20(36-4)12-10-19/h5-12,15H,13-14,16H2,1-4H3,(H,30,34)(H,31,35). The molecule has 1 heterocycles. The molecule has 2 N–H and O–H groups in total. The molecule has 37 heavy (non-hydrogen) atoms. The Bertz CT molecular complexity index is 1210. The van der Waals surface area contributed by atoms with Gasteiger partial charge in [0, 0.05) is 12.1 Å². The molecule has 0 saturated heterocycles. The molecule has 0 atom stereocenters. The molecule has 0 aliphatic carbocycles. The molecule has 8 nitrogen and oxygen atoms in total. The van der Waals surface area contributed by atoms with E-state index in [4.69, 9.17) is 9.47 Å². The Morgan fingerprint density at radius 3 is 2.19 bits per heavy atom. The quantitative estimate of drug-likeness (QED) is 0.449. The van der Waals surface area contributed by atoms with Crippen molar-refractivity contribution in [2.75, 3.05) is 20.2 Å². The van der Waals surface area contributed by atoms with E-state index in [2.05, 4.69) is 15.7 Å². The summed E-state index contributed by atoms with van der Waals surface area (Å²) in [4.78, 5) is 23.6. The van der Waals surface area contributed by atoms with Crippen molar-refractivity contribution in [2.24, 2.45) is 0 Å². The molecular weight excluding hydrogens is 489 g/mol. The Morgan fingerprint density at radius 1 is 0.973 bits per heavy atom. The maximum atomic E-state index is 13.4. The number of aromatic nitrogens is 2. The lowest BCUT2D eigenvalue weighted by Gasteiger charge is -2.19. The monoisotopic (exact) mass is 518 g/mol. The van der Waals surface area contributed by atoms with Crippen LogP contribution in [-0.2, 0) is 22.1 Å². The largest absolute Gasteiger partial charge is 0.497 e. The summed E-state index contributed by atoms with van der Waals surface area (Å²) in [5.74, 6) is 0.205. The van der Waals surface area contributed by atoms with E-state index in [1.807, 2.05) is 0 Å². The predicted octanol–water partition coefficient (Wildman–Crippen LogP) is 4.75. The van der Waals surface area contributed by atoms with Crippen LogP contribution in [0.3, 0.4) is 0 Å². The third kappa shape index (κ3) is 7.99. The molecular formula is C26H29F3N4O4. The van der Waals surface area contributed by atoms with Crippen molar-refractivity contribution < 1.29 is 32.2 Å². The van der Waals surface area contributed by atoms with Gasteiger partial charge in [-0.2, -0.15) is 18.3 Å². The number of nitrogens with zero attached hydrogens (tertiary/aromatic N) is 2. The first-order valence-electron chi connectivity index (χ1n) is 11.5. The van der Waals surface area contributed by atoms with Gasteiger partial charge in [0.2, 0.25) is 5.91 Å². The van der Waals surface area contributed by atoms with Gasteiger partial charge >= 0.3 is 12.3 Å². The molecule has 2 amide bonds. The second-order valence-electron chi connectivity index (χ2n) is 9.17. The molecule has 0 spiro atoms. The fourth-order valence-electron chi connectivity index (χ4n) is 3.36. The number of hydrogen-bond acceptors (Lipinski definition) is 5. The minimum Gasteiger partial charge on any atom is -0.497 e. The van der Waals surface area contributed by atoms with E-state index in [1.165, 1.54) is 11.8 Å². The maximum Gasteiger partial charge on any atom is 0.435 e. The van der Waals surface area contributed by atoms with Crippen molar-refractivity contribution >= 4 is 12.0 Å². The molecule has 1 aromatic heterocycles. The first kappa shape index (κ1) is 27.6. The van der Waals surface area contributed by atoms with E-state index in [-0.39, 0.29) is 18.1 Å². The lowest BCUT2D eigenvalue weighted by molar-refractivity contribution is -0.141. The normalized spacial score (nSPS) is 11.6. The highest BCUT2D eigenvalue weighted by molar-refractivity contribution is 5.82. The summed E-state index contributed by atoms with van der Waals surface area (Å²) in [6.07, 6.45) is -4.78. The summed E-state index contributed by atoms with van der Waals surface area (Å²) in [7, 11) is 1.50. The van der Waals surface area contributed by atoms with Gasteiger partial charge in [0.25, 0.3) is 0 Å². The molecule has 3 rings (SSSR count). The van der Waals surface area contributed by atoms with Gasteiger partial charge in [-0.1, -0.05) is 24.3 Å². The molecule has 0 fully saturated rings. The number of carbonyl (C=O) groups is 2. The van der Waals surface area contributed by atoms with Crippen LogP contribution in [0, 0.1) is 0 Å². The summed E-state index contributed by atoms with van der Waals surface area (Å²) < 4.78 is 51.7. The van der Waals surface area contributed by atoms with Crippen LogP contribution in [-0.4, -0.2) is 47.6 Å². The molecule has 11 heteroatoms. The molecule has 0 bridgehead atoms. The van der Waals surface area contributed by atoms with Crippen LogP contribution < -0.4 is 15.4 Å². The highest BCUT2D eigenvalue weighted by atomic mass is 19.4. The molecule has 0 aliphatic heterocycles. The van der Waals surface area contributed by atoms with Gasteiger partial charge in [0.15, 0.2) is 5.69 Å². The minimum atomic E-state index is -4.59. The lowest BCUT2D eigenvalue weighted by atomic mass is 10.1. The number of benzene rings is 2. The van der Waals surface area contributed by atoms with E-state index in [0.29, 0.717) is 30.0 Å². The van der Waals surface area contributed by atoms with Gasteiger partial charge in [-0.05, 0) is 63.1 Å². The van der Waals surface area contributed by atoms with Gasteiger partial charge < -0.3 is 20.1 Å². The SMILES string of the molecule is COc1ccc(-n2nc(C(F)(F)F)cc2-c2ccc(CCNC(=O)CNC(=O)OC(C)(C)C)cc2)cc1.